The highest BCUT2D eigenvalue weighted by atomic mass is 35.5. The zero-order chi connectivity index (χ0) is 24.2. The van der Waals surface area contributed by atoms with Crippen LogP contribution in [0.5, 0.6) is 0 Å². The fourth-order valence-corrected chi connectivity index (χ4v) is 3.58. The molecule has 1 amide bonds. The molecular formula is C24H18ClN5O4. The molecule has 0 saturated carbocycles. The Labute approximate surface area is 198 Å². The summed E-state index contributed by atoms with van der Waals surface area (Å²) in [5, 5.41) is 20.3. The number of carbonyl (C=O) groups is 1. The van der Waals surface area contributed by atoms with Gasteiger partial charge in [-0.3, -0.25) is 19.7 Å². The summed E-state index contributed by atoms with van der Waals surface area (Å²) in [6.07, 6.45) is 0. The Bertz CT molecular complexity index is 1500. The molecule has 0 aliphatic carbocycles. The molecule has 34 heavy (non-hydrogen) atoms. The normalized spacial score (nSPS) is 11.4. The average Bonchev–Trinajstić information content (AvgIpc) is 2.85. The molecule has 10 heteroatoms. The maximum Gasteiger partial charge on any atom is 0.292 e. The van der Waals surface area contributed by atoms with Crippen LogP contribution in [0.4, 0.5) is 5.69 Å². The van der Waals surface area contributed by atoms with E-state index < -0.39 is 10.8 Å². The Morgan fingerprint density at radius 2 is 1.76 bits per heavy atom. The van der Waals surface area contributed by atoms with Crippen molar-refractivity contribution in [1.82, 2.24) is 15.2 Å². The molecule has 0 unspecified atom stereocenters. The number of hydrogen-bond donors (Lipinski definition) is 1. The summed E-state index contributed by atoms with van der Waals surface area (Å²) < 4.78 is 1.24. The van der Waals surface area contributed by atoms with E-state index in [-0.39, 0.29) is 28.5 Å². The number of nitro groups is 1. The van der Waals surface area contributed by atoms with Crippen LogP contribution in [0.15, 0.2) is 82.7 Å². The maximum absolute atomic E-state index is 13.0. The molecule has 0 radical (unpaired) electrons. The first-order chi connectivity index (χ1) is 16.3. The first kappa shape index (κ1) is 22.8. The third kappa shape index (κ3) is 4.69. The lowest BCUT2D eigenvalue weighted by Gasteiger charge is -2.10. The third-order valence-corrected chi connectivity index (χ3v) is 5.46. The third-order valence-electron chi connectivity index (χ3n) is 5.14. The molecule has 0 fully saturated rings. The Kier molecular flexibility index (Phi) is 6.46. The van der Waals surface area contributed by atoms with Gasteiger partial charge in [0.25, 0.3) is 17.2 Å². The van der Waals surface area contributed by atoms with Gasteiger partial charge < -0.3 is 0 Å². The van der Waals surface area contributed by atoms with Gasteiger partial charge in [0.2, 0.25) is 0 Å². The highest BCUT2D eigenvalue weighted by Crippen LogP contribution is 2.25. The van der Waals surface area contributed by atoms with Crippen LogP contribution < -0.4 is 11.0 Å². The molecule has 0 aliphatic rings. The SMILES string of the molecule is C/C(=N\NC(=O)c1nn(Cc2ccccc2)c(=O)c2ccccc12)c1ccc(Cl)c([N+](=O)[O-])c1. The van der Waals surface area contributed by atoms with E-state index in [0.29, 0.717) is 22.0 Å². The molecule has 4 aromatic rings. The second-order valence-electron chi connectivity index (χ2n) is 7.40. The predicted molar refractivity (Wildman–Crippen MR) is 129 cm³/mol. The van der Waals surface area contributed by atoms with Crippen molar-refractivity contribution in [2.75, 3.05) is 0 Å². The Balaban J connectivity index is 1.68. The van der Waals surface area contributed by atoms with E-state index >= 15 is 0 Å². The topological polar surface area (TPSA) is 119 Å². The Morgan fingerprint density at radius 3 is 2.47 bits per heavy atom. The van der Waals surface area contributed by atoms with Gasteiger partial charge >= 0.3 is 0 Å². The molecule has 1 heterocycles. The quantitative estimate of drug-likeness (QED) is 0.255. The zero-order valence-corrected chi connectivity index (χ0v) is 18.7. The van der Waals surface area contributed by atoms with Gasteiger partial charge in [-0.05, 0) is 24.6 Å². The lowest BCUT2D eigenvalue weighted by molar-refractivity contribution is -0.384. The van der Waals surface area contributed by atoms with Crippen molar-refractivity contribution in [2.24, 2.45) is 5.10 Å². The van der Waals surface area contributed by atoms with E-state index in [0.717, 1.165) is 5.56 Å². The molecule has 170 valence electrons. The minimum Gasteiger partial charge on any atom is -0.267 e. The zero-order valence-electron chi connectivity index (χ0n) is 17.9. The minimum atomic E-state index is -0.624. The summed E-state index contributed by atoms with van der Waals surface area (Å²) in [5.41, 5.74) is 3.49. The van der Waals surface area contributed by atoms with Crippen molar-refractivity contribution in [2.45, 2.75) is 13.5 Å². The van der Waals surface area contributed by atoms with E-state index in [1.54, 1.807) is 37.3 Å². The van der Waals surface area contributed by atoms with E-state index in [2.05, 4.69) is 15.6 Å². The van der Waals surface area contributed by atoms with Gasteiger partial charge in [0, 0.05) is 17.0 Å². The standard InChI is InChI=1S/C24H18ClN5O4/c1-15(17-11-12-20(25)21(13-17)30(33)34)26-27-23(31)22-18-9-5-6-10-19(18)24(32)29(28-22)14-16-7-3-2-4-8-16/h2-13H,14H2,1H3,(H,27,31)/b26-15+. The van der Waals surface area contributed by atoms with Crippen LogP contribution in [0, 0.1) is 10.1 Å². The molecule has 0 spiro atoms. The van der Waals surface area contributed by atoms with E-state index in [1.807, 2.05) is 30.3 Å². The molecule has 0 saturated heterocycles. The number of hydrazone groups is 1. The number of halogens is 1. The van der Waals surface area contributed by atoms with Gasteiger partial charge in [0.1, 0.15) is 5.02 Å². The van der Waals surface area contributed by atoms with Gasteiger partial charge in [-0.15, -0.1) is 0 Å². The Hall–Kier alpha value is -4.37. The lowest BCUT2D eigenvalue weighted by Crippen LogP contribution is -2.29. The van der Waals surface area contributed by atoms with Gasteiger partial charge in [-0.25, -0.2) is 10.1 Å². The number of rotatable bonds is 6. The molecule has 3 aromatic carbocycles. The van der Waals surface area contributed by atoms with E-state index in [9.17, 15) is 19.7 Å². The van der Waals surface area contributed by atoms with Crippen LogP contribution in [0.2, 0.25) is 5.02 Å². The van der Waals surface area contributed by atoms with E-state index in [4.69, 9.17) is 11.6 Å². The first-order valence-electron chi connectivity index (χ1n) is 10.2. The van der Waals surface area contributed by atoms with Crippen molar-refractivity contribution < 1.29 is 9.72 Å². The number of benzene rings is 3. The van der Waals surface area contributed by atoms with Gasteiger partial charge in [-0.1, -0.05) is 66.2 Å². The maximum atomic E-state index is 13.0. The van der Waals surface area contributed by atoms with Crippen molar-refractivity contribution in [3.05, 3.63) is 115 Å². The molecule has 0 bridgehead atoms. The number of nitro benzene ring substituents is 1. The molecule has 0 atom stereocenters. The van der Waals surface area contributed by atoms with Crippen molar-refractivity contribution in [1.29, 1.82) is 0 Å². The van der Waals surface area contributed by atoms with Crippen LogP contribution in [-0.4, -0.2) is 26.3 Å². The average molecular weight is 476 g/mol. The number of nitrogens with one attached hydrogen (secondary N) is 1. The summed E-state index contributed by atoms with van der Waals surface area (Å²) in [4.78, 5) is 36.5. The predicted octanol–water partition coefficient (Wildman–Crippen LogP) is 4.16. The van der Waals surface area contributed by atoms with Crippen LogP contribution in [0.3, 0.4) is 0 Å². The van der Waals surface area contributed by atoms with Crippen LogP contribution >= 0.6 is 11.6 Å². The fourth-order valence-electron chi connectivity index (χ4n) is 3.40. The molecule has 1 aromatic heterocycles. The van der Waals surface area contributed by atoms with Crippen LogP contribution in [0.25, 0.3) is 10.8 Å². The van der Waals surface area contributed by atoms with E-state index in [1.165, 1.54) is 16.8 Å². The summed E-state index contributed by atoms with van der Waals surface area (Å²) in [5.74, 6) is -0.624. The number of carbonyl (C=O) groups excluding carboxylic acids is 1. The Morgan fingerprint density at radius 1 is 1.09 bits per heavy atom. The molecule has 4 rings (SSSR count). The molecule has 9 nitrogen and oxygen atoms in total. The lowest BCUT2D eigenvalue weighted by atomic mass is 10.1. The monoisotopic (exact) mass is 475 g/mol. The minimum absolute atomic E-state index is 0.00179. The fraction of sp³-hybridized carbons (Fsp3) is 0.0833. The summed E-state index contributed by atoms with van der Waals surface area (Å²) >= 11 is 5.86. The summed E-state index contributed by atoms with van der Waals surface area (Å²) in [6, 6.07) is 20.3. The number of hydrogen-bond acceptors (Lipinski definition) is 6. The first-order valence-corrected chi connectivity index (χ1v) is 10.6. The van der Waals surface area contributed by atoms with Gasteiger partial charge in [-0.2, -0.15) is 10.2 Å². The number of aromatic nitrogens is 2. The summed E-state index contributed by atoms with van der Waals surface area (Å²) in [7, 11) is 0. The summed E-state index contributed by atoms with van der Waals surface area (Å²) in [6.45, 7) is 1.79. The smallest absolute Gasteiger partial charge is 0.267 e. The highest BCUT2D eigenvalue weighted by molar-refractivity contribution is 6.32. The molecule has 0 aliphatic heterocycles. The largest absolute Gasteiger partial charge is 0.292 e. The number of fused-ring (bicyclic) bond motifs is 1. The van der Waals surface area contributed by atoms with Gasteiger partial charge in [0.05, 0.1) is 22.6 Å². The number of amides is 1. The van der Waals surface area contributed by atoms with Crippen molar-refractivity contribution in [3.63, 3.8) is 0 Å². The van der Waals surface area contributed by atoms with Gasteiger partial charge in [0.15, 0.2) is 5.69 Å². The van der Waals surface area contributed by atoms with Crippen molar-refractivity contribution >= 4 is 39.7 Å². The highest BCUT2D eigenvalue weighted by Gasteiger charge is 2.18. The molecular weight excluding hydrogens is 458 g/mol. The van der Waals surface area contributed by atoms with Crippen molar-refractivity contribution in [3.8, 4) is 0 Å². The van der Waals surface area contributed by atoms with Crippen LogP contribution in [-0.2, 0) is 6.54 Å². The number of nitrogens with zero attached hydrogens (tertiary/aromatic N) is 4. The molecule has 1 N–H and O–H groups in total. The van der Waals surface area contributed by atoms with Crippen LogP contribution in [0.1, 0.15) is 28.5 Å². The second-order valence-corrected chi connectivity index (χ2v) is 7.81. The second kappa shape index (κ2) is 9.63.